The summed E-state index contributed by atoms with van der Waals surface area (Å²) in [6, 6.07) is 12.1. The van der Waals surface area contributed by atoms with Crippen LogP contribution in [0.4, 0.5) is 5.69 Å². The first-order valence-corrected chi connectivity index (χ1v) is 7.74. The van der Waals surface area contributed by atoms with E-state index in [1.165, 1.54) is 13.2 Å². The fourth-order valence-electron chi connectivity index (χ4n) is 1.93. The van der Waals surface area contributed by atoms with E-state index in [9.17, 15) is 4.79 Å². The molecule has 0 aliphatic rings. The van der Waals surface area contributed by atoms with E-state index in [4.69, 9.17) is 25.3 Å². The molecule has 1 amide bonds. The number of benzene rings is 2. The van der Waals surface area contributed by atoms with Crippen LogP contribution in [0.1, 0.15) is 24.2 Å². The van der Waals surface area contributed by atoms with Crippen LogP contribution in [-0.2, 0) is 0 Å². The molecule has 2 aromatic rings. The number of nitrogens with zero attached hydrogens (tertiary/aromatic N) is 2. The smallest absolute Gasteiger partial charge is 0.385 e. The summed E-state index contributed by atoms with van der Waals surface area (Å²) in [4.78, 5) is 14.3. The SMILES string of the molecule is CCOc1cc(C(N)=O)c(OCC)cc1OC.N#[N+]c1ccccc1. The Kier molecular flexibility index (Phi) is 8.30. The van der Waals surface area contributed by atoms with E-state index in [1.54, 1.807) is 18.2 Å². The Hall–Kier alpha value is -3.27. The molecule has 0 aliphatic carbocycles. The highest BCUT2D eigenvalue weighted by Gasteiger charge is 2.16. The zero-order valence-electron chi connectivity index (χ0n) is 14.6. The summed E-state index contributed by atoms with van der Waals surface area (Å²) in [6.45, 7) is 4.59. The minimum Gasteiger partial charge on any atom is -0.493 e. The van der Waals surface area contributed by atoms with Crippen molar-refractivity contribution in [3.63, 3.8) is 0 Å². The van der Waals surface area contributed by atoms with Crippen LogP contribution < -0.4 is 19.9 Å². The van der Waals surface area contributed by atoms with Crippen molar-refractivity contribution < 1.29 is 19.0 Å². The summed E-state index contributed by atoms with van der Waals surface area (Å²) in [7, 11) is 1.53. The minimum absolute atomic E-state index is 0.288. The van der Waals surface area contributed by atoms with E-state index in [-0.39, 0.29) is 5.56 Å². The van der Waals surface area contributed by atoms with E-state index in [1.807, 2.05) is 32.0 Å². The fraction of sp³-hybridized carbons (Fsp3) is 0.278. The highest BCUT2D eigenvalue weighted by molar-refractivity contribution is 5.96. The normalized spacial score (nSPS) is 9.20. The molecule has 0 aromatic heterocycles. The van der Waals surface area contributed by atoms with E-state index in [0.29, 0.717) is 36.1 Å². The second kappa shape index (κ2) is 10.5. The number of amides is 1. The molecule has 25 heavy (non-hydrogen) atoms. The van der Waals surface area contributed by atoms with Crippen molar-refractivity contribution in [3.8, 4) is 17.2 Å². The average Bonchev–Trinajstić information content (AvgIpc) is 2.64. The van der Waals surface area contributed by atoms with Crippen LogP contribution in [-0.4, -0.2) is 26.2 Å². The number of methoxy groups -OCH3 is 1. The molecule has 0 radical (unpaired) electrons. The number of ether oxygens (including phenoxy) is 3. The quantitative estimate of drug-likeness (QED) is 0.804. The van der Waals surface area contributed by atoms with Gasteiger partial charge in [-0.3, -0.25) is 4.79 Å². The lowest BCUT2D eigenvalue weighted by Gasteiger charge is -2.14. The fourth-order valence-corrected chi connectivity index (χ4v) is 1.93. The van der Waals surface area contributed by atoms with Gasteiger partial charge in [0.2, 0.25) is 5.39 Å². The summed E-state index contributed by atoms with van der Waals surface area (Å²) in [5.74, 6) is 0.838. The lowest BCUT2D eigenvalue weighted by molar-refractivity contribution is 0.0996. The average molecular weight is 344 g/mol. The number of hydrogen-bond acceptors (Lipinski definition) is 5. The molecule has 0 bridgehead atoms. The van der Waals surface area contributed by atoms with E-state index < -0.39 is 5.91 Å². The molecule has 0 spiro atoms. The standard InChI is InChI=1S/C12H17NO4.C6H5N2/c1-4-16-9-7-10(15-3)11(17-5-2)6-8(9)12(13)14;7-8-6-4-2-1-3-5-6/h6-7H,4-5H2,1-3H3,(H2,13,14);1-5H/q;+1. The number of rotatable bonds is 6. The second-order valence-corrected chi connectivity index (χ2v) is 4.67. The van der Waals surface area contributed by atoms with Crippen molar-refractivity contribution in [1.82, 2.24) is 0 Å². The molecule has 7 nitrogen and oxygen atoms in total. The second-order valence-electron chi connectivity index (χ2n) is 4.67. The van der Waals surface area contributed by atoms with Gasteiger partial charge >= 0.3 is 5.69 Å². The molecule has 2 N–H and O–H groups in total. The van der Waals surface area contributed by atoms with Crippen molar-refractivity contribution >= 4 is 11.6 Å². The Balaban J connectivity index is 0.000000324. The van der Waals surface area contributed by atoms with Crippen LogP contribution in [0.3, 0.4) is 0 Å². The number of nitrogens with two attached hydrogens (primary N) is 1. The lowest BCUT2D eigenvalue weighted by atomic mass is 10.1. The van der Waals surface area contributed by atoms with Gasteiger partial charge in [0, 0.05) is 24.3 Å². The lowest BCUT2D eigenvalue weighted by Crippen LogP contribution is -2.13. The molecule has 0 atom stereocenters. The third-order valence-electron chi connectivity index (χ3n) is 3.00. The zero-order chi connectivity index (χ0) is 18.7. The van der Waals surface area contributed by atoms with Crippen LogP contribution in [0.25, 0.3) is 4.98 Å². The zero-order valence-corrected chi connectivity index (χ0v) is 14.6. The molecule has 2 aromatic carbocycles. The molecule has 0 aliphatic heterocycles. The van der Waals surface area contributed by atoms with Gasteiger partial charge in [0.15, 0.2) is 16.5 Å². The third-order valence-corrected chi connectivity index (χ3v) is 3.00. The molecule has 0 unspecified atom stereocenters. The number of carbonyl (C=O) groups is 1. The third kappa shape index (κ3) is 6.03. The molecular formula is C18H22N3O4+. The van der Waals surface area contributed by atoms with Gasteiger partial charge in [-0.15, -0.1) is 0 Å². The van der Waals surface area contributed by atoms with Gasteiger partial charge in [-0.05, 0) is 13.8 Å². The highest BCUT2D eigenvalue weighted by atomic mass is 16.5. The van der Waals surface area contributed by atoms with Crippen molar-refractivity contribution in [3.05, 3.63) is 53.0 Å². The first kappa shape index (κ1) is 19.8. The number of diazo groups is 1. The van der Waals surface area contributed by atoms with Crippen LogP contribution in [0.5, 0.6) is 17.2 Å². The molecule has 7 heteroatoms. The van der Waals surface area contributed by atoms with Crippen LogP contribution in [0.2, 0.25) is 0 Å². The molecule has 0 saturated heterocycles. The number of hydrogen-bond donors (Lipinski definition) is 1. The summed E-state index contributed by atoms with van der Waals surface area (Å²) >= 11 is 0. The Bertz CT molecular complexity index is 727. The summed E-state index contributed by atoms with van der Waals surface area (Å²) in [5, 5.41) is 8.16. The molecule has 0 fully saturated rings. The van der Waals surface area contributed by atoms with Gasteiger partial charge in [0.05, 0.1) is 25.9 Å². The van der Waals surface area contributed by atoms with Gasteiger partial charge in [-0.1, -0.05) is 18.2 Å². The summed E-state index contributed by atoms with van der Waals surface area (Å²) in [6.07, 6.45) is 0. The maximum atomic E-state index is 11.3. The van der Waals surface area contributed by atoms with Crippen LogP contribution in [0.15, 0.2) is 42.5 Å². The largest absolute Gasteiger partial charge is 0.493 e. The predicted octanol–water partition coefficient (Wildman–Crippen LogP) is 3.76. The molecule has 132 valence electrons. The number of primary amides is 1. The first-order chi connectivity index (χ1) is 12.1. The van der Waals surface area contributed by atoms with Crippen LogP contribution in [0, 0.1) is 5.39 Å². The Morgan fingerprint density at radius 3 is 2.08 bits per heavy atom. The first-order valence-electron chi connectivity index (χ1n) is 7.74. The van der Waals surface area contributed by atoms with E-state index >= 15 is 0 Å². The van der Waals surface area contributed by atoms with Crippen LogP contribution >= 0.6 is 0 Å². The van der Waals surface area contributed by atoms with E-state index in [2.05, 4.69) is 4.98 Å². The molecule has 0 heterocycles. The van der Waals surface area contributed by atoms with Gasteiger partial charge in [-0.2, -0.15) is 0 Å². The monoisotopic (exact) mass is 344 g/mol. The Morgan fingerprint density at radius 2 is 1.64 bits per heavy atom. The van der Waals surface area contributed by atoms with Crippen molar-refractivity contribution in [2.75, 3.05) is 20.3 Å². The van der Waals surface area contributed by atoms with E-state index in [0.717, 1.165) is 0 Å². The molecule has 2 rings (SSSR count). The molecule has 0 saturated carbocycles. The topological polar surface area (TPSA) is 98.9 Å². The van der Waals surface area contributed by atoms with Gasteiger partial charge in [-0.25, -0.2) is 0 Å². The van der Waals surface area contributed by atoms with Crippen molar-refractivity contribution in [2.45, 2.75) is 13.8 Å². The summed E-state index contributed by atoms with van der Waals surface area (Å²) in [5.41, 5.74) is 6.16. The van der Waals surface area contributed by atoms with Crippen molar-refractivity contribution in [1.29, 1.82) is 5.39 Å². The number of carbonyl (C=O) groups excluding carboxylic acids is 1. The molecular weight excluding hydrogens is 322 g/mol. The predicted molar refractivity (Wildman–Crippen MR) is 95.0 cm³/mol. The van der Waals surface area contributed by atoms with Gasteiger partial charge < -0.3 is 19.9 Å². The Labute approximate surface area is 146 Å². The highest BCUT2D eigenvalue weighted by Crippen LogP contribution is 2.34. The summed E-state index contributed by atoms with van der Waals surface area (Å²) < 4.78 is 15.9. The van der Waals surface area contributed by atoms with Gasteiger partial charge in [0.25, 0.3) is 5.91 Å². The maximum absolute atomic E-state index is 11.3. The minimum atomic E-state index is -0.558. The van der Waals surface area contributed by atoms with Gasteiger partial charge in [0.1, 0.15) is 5.75 Å². The maximum Gasteiger partial charge on any atom is 0.385 e. The Morgan fingerprint density at radius 1 is 1.04 bits per heavy atom. The van der Waals surface area contributed by atoms with Crippen molar-refractivity contribution in [2.24, 2.45) is 5.73 Å².